The molecule has 2 nitrogen and oxygen atoms in total. The van der Waals surface area contributed by atoms with Gasteiger partial charge in [-0.2, -0.15) is 0 Å². The summed E-state index contributed by atoms with van der Waals surface area (Å²) < 4.78 is 21.5. The van der Waals surface area contributed by atoms with Gasteiger partial charge in [0.2, 0.25) is 0 Å². The highest BCUT2D eigenvalue weighted by molar-refractivity contribution is 6.30. The quantitative estimate of drug-likeness (QED) is 0.432. The van der Waals surface area contributed by atoms with Crippen LogP contribution in [0.3, 0.4) is 0 Å². The number of phenols is 1. The zero-order chi connectivity index (χ0) is 9.46. The van der Waals surface area contributed by atoms with E-state index in [1.54, 1.807) is 0 Å². The number of anilines is 1. The smallest absolute Gasteiger partial charge is 0.139 e. The third kappa shape index (κ3) is 1.27. The highest BCUT2D eigenvalue weighted by atomic mass is 35.5. The second-order valence-electron chi connectivity index (χ2n) is 1.45. The second-order valence-corrected chi connectivity index (χ2v) is 1.83. The van der Waals surface area contributed by atoms with Crippen LogP contribution in [0.15, 0.2) is 18.1 Å². The Kier molecular flexibility index (Phi) is 0.794. The van der Waals surface area contributed by atoms with E-state index in [9.17, 15) is 0 Å². The molecule has 1 aromatic rings. The Labute approximate surface area is 62.1 Å². The van der Waals surface area contributed by atoms with Crippen LogP contribution in [0.5, 0.6) is 5.75 Å². The zero-order valence-electron chi connectivity index (χ0n) is 7.40. The highest BCUT2D eigenvalue weighted by Gasteiger charge is 1.94. The first-order chi connectivity index (χ1) is 5.46. The monoisotopic (exact) mass is 146 g/mol. The van der Waals surface area contributed by atoms with Crippen LogP contribution >= 0.6 is 11.6 Å². The van der Waals surface area contributed by atoms with Crippen LogP contribution in [0.1, 0.15) is 4.11 Å². The van der Waals surface area contributed by atoms with E-state index < -0.39 is 11.8 Å². The summed E-state index contributed by atoms with van der Waals surface area (Å²) in [5.41, 5.74) is 4.93. The van der Waals surface area contributed by atoms with Gasteiger partial charge in [0.05, 0.1) is 9.80 Å². The molecule has 0 amide bonds. The molecule has 48 valence electrons. The number of phenolic OH excluding ortho intramolecular Hbond substituents is 1. The van der Waals surface area contributed by atoms with Gasteiger partial charge in [-0.05, 0) is 12.1 Å². The minimum atomic E-state index is -0.541. The first kappa shape index (κ1) is 3.32. The molecule has 0 saturated heterocycles. The van der Waals surface area contributed by atoms with E-state index in [0.717, 1.165) is 0 Å². The van der Waals surface area contributed by atoms with Gasteiger partial charge in [0, 0.05) is 11.1 Å². The van der Waals surface area contributed by atoms with E-state index in [1.807, 2.05) is 0 Å². The summed E-state index contributed by atoms with van der Waals surface area (Å²) in [6.07, 6.45) is 0. The van der Waals surface area contributed by atoms with Crippen molar-refractivity contribution in [3.05, 3.63) is 23.1 Å². The molecule has 0 radical (unpaired) electrons. The molecule has 0 saturated carbocycles. The maximum atomic E-state index is 9.09. The minimum Gasteiger partial charge on any atom is -0.506 e. The Bertz CT molecular complexity index is 237. The van der Waals surface area contributed by atoms with E-state index in [0.29, 0.717) is 0 Å². The normalized spacial score (nSPS) is 14.1. The molecule has 0 atom stereocenters. The molecule has 0 spiro atoms. The van der Waals surface area contributed by atoms with Gasteiger partial charge in [-0.25, -0.2) is 0 Å². The van der Waals surface area contributed by atoms with Crippen LogP contribution in [0, 0.1) is 0 Å². The van der Waals surface area contributed by atoms with E-state index in [-0.39, 0.29) is 22.8 Å². The van der Waals surface area contributed by atoms with Crippen LogP contribution in [0.25, 0.3) is 0 Å². The largest absolute Gasteiger partial charge is 0.506 e. The molecule has 0 bridgehead atoms. The number of hydrogen-bond donors (Lipinski definition) is 2. The highest BCUT2D eigenvalue weighted by Crippen LogP contribution is 2.22. The topological polar surface area (TPSA) is 46.2 Å². The van der Waals surface area contributed by atoms with Crippen LogP contribution in [0.2, 0.25) is 5.02 Å². The Hall–Kier alpha value is -0.890. The van der Waals surface area contributed by atoms with Crippen molar-refractivity contribution >= 4 is 17.3 Å². The summed E-state index contributed by atoms with van der Waals surface area (Å²) in [5, 5.41) is 8.83. The lowest BCUT2D eigenvalue weighted by Crippen LogP contribution is -1.83. The van der Waals surface area contributed by atoms with Crippen LogP contribution < -0.4 is 5.73 Å². The van der Waals surface area contributed by atoms with Crippen molar-refractivity contribution in [3.8, 4) is 5.75 Å². The molecule has 0 fully saturated rings. The number of hydrogen-bond acceptors (Lipinski definition) is 2. The third-order valence-corrected chi connectivity index (χ3v) is 0.979. The summed E-state index contributed by atoms with van der Waals surface area (Å²) in [7, 11) is 0. The van der Waals surface area contributed by atoms with E-state index >= 15 is 0 Å². The zero-order valence-corrected chi connectivity index (χ0v) is 5.16. The Morgan fingerprint density at radius 1 is 1.67 bits per heavy atom. The van der Waals surface area contributed by atoms with Crippen molar-refractivity contribution in [1.82, 2.24) is 0 Å². The lowest BCUT2D eigenvalue weighted by molar-refractivity contribution is 0.478. The molecule has 0 aliphatic rings. The number of halogens is 1. The fourth-order valence-corrected chi connectivity index (χ4v) is 0.521. The van der Waals surface area contributed by atoms with Gasteiger partial charge in [-0.1, -0.05) is 11.6 Å². The predicted octanol–water partition coefficient (Wildman–Crippen LogP) is 1.63. The third-order valence-electron chi connectivity index (χ3n) is 0.790. The summed E-state index contributed by atoms with van der Waals surface area (Å²) in [6.45, 7) is 0. The number of nitrogen functional groups attached to an aromatic ring is 1. The molecule has 0 aliphatic heterocycles. The molecular weight excluding hydrogens is 138 g/mol. The maximum Gasteiger partial charge on any atom is 0.139 e. The van der Waals surface area contributed by atoms with Gasteiger partial charge in [0.15, 0.2) is 0 Å². The summed E-state index contributed by atoms with van der Waals surface area (Å²) in [5.74, 6) is -0.541. The van der Waals surface area contributed by atoms with Gasteiger partial charge in [0.1, 0.15) is 5.75 Å². The first-order valence-electron chi connectivity index (χ1n) is 3.70. The Morgan fingerprint density at radius 2 is 2.33 bits per heavy atom. The number of benzene rings is 1. The molecule has 1 rings (SSSR count). The Balaban J connectivity index is 3.60. The lowest BCUT2D eigenvalue weighted by Gasteiger charge is -1.95. The minimum absolute atomic E-state index is 0.258. The van der Waals surface area contributed by atoms with Crippen molar-refractivity contribution in [2.45, 2.75) is 0 Å². The molecule has 0 heterocycles. The maximum absolute atomic E-state index is 9.09. The molecule has 0 aliphatic carbocycles. The fraction of sp³-hybridized carbons (Fsp3) is 0. The summed E-state index contributed by atoms with van der Waals surface area (Å²) in [4.78, 5) is 0. The van der Waals surface area contributed by atoms with Crippen molar-refractivity contribution in [1.29, 1.82) is 0 Å². The van der Waals surface area contributed by atoms with Crippen LogP contribution in [-0.2, 0) is 0 Å². The fourth-order valence-electron chi connectivity index (χ4n) is 0.384. The summed E-state index contributed by atoms with van der Waals surface area (Å²) in [6, 6.07) is -1.10. The average Bonchev–Trinajstić information content (AvgIpc) is 2.08. The van der Waals surface area contributed by atoms with Gasteiger partial charge in [-0.15, -0.1) is 0 Å². The molecule has 1 aromatic carbocycles. The number of nitrogens with two attached hydrogens (primary N) is 1. The predicted molar refractivity (Wildman–Crippen MR) is 37.5 cm³/mol. The van der Waals surface area contributed by atoms with Gasteiger partial charge in [-0.3, -0.25) is 0 Å². The SMILES string of the molecule is [2H]c1c([2H])c(Cl)c([2H])c(O)c1N. The van der Waals surface area contributed by atoms with E-state index in [4.69, 9.17) is 26.6 Å². The molecule has 3 heteroatoms. The number of aromatic hydroxyl groups is 1. The lowest BCUT2D eigenvalue weighted by atomic mass is 10.3. The van der Waals surface area contributed by atoms with Crippen molar-refractivity contribution < 1.29 is 9.22 Å². The van der Waals surface area contributed by atoms with Crippen molar-refractivity contribution in [2.24, 2.45) is 0 Å². The molecule has 0 unspecified atom stereocenters. The van der Waals surface area contributed by atoms with E-state index in [1.165, 1.54) is 0 Å². The first-order valence-corrected chi connectivity index (χ1v) is 2.58. The van der Waals surface area contributed by atoms with Gasteiger partial charge >= 0.3 is 0 Å². The Morgan fingerprint density at radius 3 is 3.00 bits per heavy atom. The van der Waals surface area contributed by atoms with Crippen LogP contribution in [-0.4, -0.2) is 5.11 Å². The van der Waals surface area contributed by atoms with Crippen molar-refractivity contribution in [3.63, 3.8) is 0 Å². The van der Waals surface area contributed by atoms with Gasteiger partial charge in [0.25, 0.3) is 0 Å². The van der Waals surface area contributed by atoms with E-state index in [2.05, 4.69) is 0 Å². The molecule has 9 heavy (non-hydrogen) atoms. The summed E-state index contributed by atoms with van der Waals surface area (Å²) >= 11 is 5.45. The standard InChI is InChI=1S/C6H6ClNO/c7-4-1-2-5(8)6(9)3-4/h1-3,9H,8H2/i1D,2D,3D. The van der Waals surface area contributed by atoms with Gasteiger partial charge < -0.3 is 10.8 Å². The molecule has 0 aromatic heterocycles. The van der Waals surface area contributed by atoms with Crippen molar-refractivity contribution in [2.75, 3.05) is 5.73 Å². The average molecular weight is 147 g/mol. The second kappa shape index (κ2) is 2.15. The van der Waals surface area contributed by atoms with Crippen LogP contribution in [0.4, 0.5) is 5.69 Å². The molecular formula is C6H6ClNO. The molecule has 3 N–H and O–H groups in total. The number of rotatable bonds is 0.